The molecule has 5 nitrogen and oxygen atoms in total. The largest absolute Gasteiger partial charge is 0.481 e. The van der Waals surface area contributed by atoms with Gasteiger partial charge in [-0.05, 0) is 18.9 Å². The summed E-state index contributed by atoms with van der Waals surface area (Å²) in [6.07, 6.45) is 0.626. The van der Waals surface area contributed by atoms with Gasteiger partial charge in [-0.15, -0.1) is 0 Å². The van der Waals surface area contributed by atoms with E-state index in [0.29, 0.717) is 26.1 Å². The molecule has 1 unspecified atom stereocenters. The fourth-order valence-electron chi connectivity index (χ4n) is 2.28. The monoisotopic (exact) mass is 242 g/mol. The number of aliphatic carboxylic acids is 1. The fourth-order valence-corrected chi connectivity index (χ4v) is 2.28. The normalized spacial score (nSPS) is 25.2. The summed E-state index contributed by atoms with van der Waals surface area (Å²) in [5.74, 6) is -0.637. The number of likely N-dealkylation sites (N-methyl/N-ethyl adjacent to an activating group) is 1. The average molecular weight is 242 g/mol. The van der Waals surface area contributed by atoms with E-state index in [9.17, 15) is 14.7 Å². The second-order valence-corrected chi connectivity index (χ2v) is 5.36. The van der Waals surface area contributed by atoms with Gasteiger partial charge in [0.15, 0.2) is 0 Å². The van der Waals surface area contributed by atoms with Gasteiger partial charge in [-0.2, -0.15) is 0 Å². The summed E-state index contributed by atoms with van der Waals surface area (Å²) in [5, 5.41) is 9.37. The van der Waals surface area contributed by atoms with Gasteiger partial charge in [-0.1, -0.05) is 13.8 Å². The molecular weight excluding hydrogens is 220 g/mol. The van der Waals surface area contributed by atoms with Crippen molar-refractivity contribution < 1.29 is 14.7 Å². The van der Waals surface area contributed by atoms with Crippen molar-refractivity contribution in [1.82, 2.24) is 9.80 Å². The number of hydrogen-bond donors (Lipinski definition) is 1. The molecule has 0 aromatic rings. The zero-order chi connectivity index (χ0) is 13.2. The Kier molecular flexibility index (Phi) is 4.14. The molecule has 1 aliphatic heterocycles. The summed E-state index contributed by atoms with van der Waals surface area (Å²) in [6, 6.07) is 0. The van der Waals surface area contributed by atoms with Crippen LogP contribution in [-0.2, 0) is 9.59 Å². The van der Waals surface area contributed by atoms with Crippen LogP contribution >= 0.6 is 0 Å². The topological polar surface area (TPSA) is 60.9 Å². The highest BCUT2D eigenvalue weighted by atomic mass is 16.4. The Labute approximate surface area is 102 Å². The maximum atomic E-state index is 11.6. The number of carbonyl (C=O) groups is 2. The van der Waals surface area contributed by atoms with Gasteiger partial charge in [0.1, 0.15) is 0 Å². The molecule has 1 heterocycles. The summed E-state index contributed by atoms with van der Waals surface area (Å²) in [6.45, 7) is 5.34. The maximum absolute atomic E-state index is 11.6. The van der Waals surface area contributed by atoms with Crippen LogP contribution in [0.2, 0.25) is 0 Å². The van der Waals surface area contributed by atoms with E-state index in [0.717, 1.165) is 0 Å². The van der Waals surface area contributed by atoms with Gasteiger partial charge in [-0.3, -0.25) is 14.5 Å². The SMILES string of the molecule is CC(C)C1(C(=O)O)CCN(CC(=O)N(C)C)C1. The molecule has 1 N–H and O–H groups in total. The van der Waals surface area contributed by atoms with Gasteiger partial charge in [0.2, 0.25) is 5.91 Å². The summed E-state index contributed by atoms with van der Waals surface area (Å²) >= 11 is 0. The summed E-state index contributed by atoms with van der Waals surface area (Å²) < 4.78 is 0. The van der Waals surface area contributed by atoms with E-state index >= 15 is 0 Å². The Balaban J connectivity index is 2.68. The average Bonchev–Trinajstić information content (AvgIpc) is 2.62. The second-order valence-electron chi connectivity index (χ2n) is 5.36. The van der Waals surface area contributed by atoms with Crippen molar-refractivity contribution >= 4 is 11.9 Å². The van der Waals surface area contributed by atoms with E-state index in [1.54, 1.807) is 14.1 Å². The third kappa shape index (κ3) is 2.77. The van der Waals surface area contributed by atoms with Crippen LogP contribution in [-0.4, -0.2) is 60.5 Å². The van der Waals surface area contributed by atoms with E-state index in [-0.39, 0.29) is 11.8 Å². The Morgan fingerprint density at radius 3 is 2.35 bits per heavy atom. The summed E-state index contributed by atoms with van der Waals surface area (Å²) in [5.41, 5.74) is -0.688. The molecule has 98 valence electrons. The van der Waals surface area contributed by atoms with Crippen molar-refractivity contribution in [2.45, 2.75) is 20.3 Å². The lowest BCUT2D eigenvalue weighted by Gasteiger charge is -2.29. The minimum atomic E-state index is -0.743. The van der Waals surface area contributed by atoms with E-state index in [4.69, 9.17) is 0 Å². The number of rotatable bonds is 4. The lowest BCUT2D eigenvalue weighted by Crippen LogP contribution is -2.41. The number of hydrogen-bond acceptors (Lipinski definition) is 3. The molecule has 1 rings (SSSR count). The molecule has 1 saturated heterocycles. The van der Waals surface area contributed by atoms with Gasteiger partial charge in [-0.25, -0.2) is 0 Å². The first-order valence-corrected chi connectivity index (χ1v) is 5.95. The lowest BCUT2D eigenvalue weighted by molar-refractivity contribution is -0.151. The predicted molar refractivity (Wildman–Crippen MR) is 64.7 cm³/mol. The number of carboxylic acid groups (broad SMARTS) is 1. The first-order chi connectivity index (χ1) is 7.79. The molecule has 1 fully saturated rings. The zero-order valence-electron chi connectivity index (χ0n) is 11.1. The highest BCUT2D eigenvalue weighted by Crippen LogP contribution is 2.37. The minimum absolute atomic E-state index is 0.0231. The molecule has 1 aliphatic rings. The minimum Gasteiger partial charge on any atom is -0.481 e. The lowest BCUT2D eigenvalue weighted by atomic mass is 9.76. The van der Waals surface area contributed by atoms with E-state index in [1.807, 2.05) is 18.7 Å². The number of carbonyl (C=O) groups excluding carboxylic acids is 1. The predicted octanol–water partition coefficient (Wildman–Crippen LogP) is 0.507. The molecule has 1 atom stereocenters. The highest BCUT2D eigenvalue weighted by Gasteiger charge is 2.47. The molecule has 0 radical (unpaired) electrons. The molecule has 17 heavy (non-hydrogen) atoms. The third-order valence-electron chi connectivity index (χ3n) is 3.77. The van der Waals surface area contributed by atoms with E-state index in [2.05, 4.69) is 0 Å². The molecule has 0 saturated carbocycles. The number of amides is 1. The Morgan fingerprint density at radius 1 is 1.41 bits per heavy atom. The van der Waals surface area contributed by atoms with Crippen LogP contribution in [0.15, 0.2) is 0 Å². The molecule has 0 bridgehead atoms. The van der Waals surface area contributed by atoms with Crippen molar-refractivity contribution in [3.63, 3.8) is 0 Å². The van der Waals surface area contributed by atoms with Crippen molar-refractivity contribution in [2.24, 2.45) is 11.3 Å². The van der Waals surface area contributed by atoms with Crippen LogP contribution in [0.25, 0.3) is 0 Å². The Morgan fingerprint density at radius 2 is 2.00 bits per heavy atom. The molecule has 0 aromatic heterocycles. The maximum Gasteiger partial charge on any atom is 0.311 e. The number of likely N-dealkylation sites (tertiary alicyclic amines) is 1. The van der Waals surface area contributed by atoms with Crippen molar-refractivity contribution in [3.8, 4) is 0 Å². The van der Waals surface area contributed by atoms with Crippen LogP contribution in [0.5, 0.6) is 0 Å². The van der Waals surface area contributed by atoms with Gasteiger partial charge in [0, 0.05) is 20.6 Å². The van der Waals surface area contributed by atoms with Gasteiger partial charge in [0.05, 0.1) is 12.0 Å². The molecule has 1 amide bonds. The molecule has 0 spiro atoms. The molecule has 0 aromatic carbocycles. The number of carboxylic acids is 1. The fraction of sp³-hybridized carbons (Fsp3) is 0.833. The van der Waals surface area contributed by atoms with Gasteiger partial charge >= 0.3 is 5.97 Å². The Bertz CT molecular complexity index is 315. The molecule has 5 heteroatoms. The van der Waals surface area contributed by atoms with E-state index < -0.39 is 11.4 Å². The van der Waals surface area contributed by atoms with Crippen LogP contribution in [0.1, 0.15) is 20.3 Å². The smallest absolute Gasteiger partial charge is 0.311 e. The standard InChI is InChI=1S/C12H22N2O3/c1-9(2)12(11(16)17)5-6-14(8-12)7-10(15)13(3)4/h9H,5-8H2,1-4H3,(H,16,17). The highest BCUT2D eigenvalue weighted by molar-refractivity contribution is 5.79. The first kappa shape index (κ1) is 14.0. The number of nitrogens with zero attached hydrogens (tertiary/aromatic N) is 2. The zero-order valence-corrected chi connectivity index (χ0v) is 11.1. The second kappa shape index (κ2) is 5.04. The summed E-state index contributed by atoms with van der Waals surface area (Å²) in [4.78, 5) is 26.5. The summed E-state index contributed by atoms with van der Waals surface area (Å²) in [7, 11) is 3.43. The Hall–Kier alpha value is -1.10. The van der Waals surface area contributed by atoms with Crippen molar-refractivity contribution in [3.05, 3.63) is 0 Å². The van der Waals surface area contributed by atoms with Crippen LogP contribution in [0.4, 0.5) is 0 Å². The first-order valence-electron chi connectivity index (χ1n) is 5.95. The van der Waals surface area contributed by atoms with Crippen LogP contribution in [0.3, 0.4) is 0 Å². The van der Waals surface area contributed by atoms with E-state index in [1.165, 1.54) is 4.90 Å². The molecular formula is C12H22N2O3. The van der Waals surface area contributed by atoms with Crippen LogP contribution in [0, 0.1) is 11.3 Å². The molecule has 0 aliphatic carbocycles. The third-order valence-corrected chi connectivity index (χ3v) is 3.77. The van der Waals surface area contributed by atoms with Crippen molar-refractivity contribution in [2.75, 3.05) is 33.7 Å². The quantitative estimate of drug-likeness (QED) is 0.780. The van der Waals surface area contributed by atoms with Crippen LogP contribution < -0.4 is 0 Å². The van der Waals surface area contributed by atoms with Gasteiger partial charge in [0.25, 0.3) is 0 Å². The van der Waals surface area contributed by atoms with Crippen molar-refractivity contribution in [1.29, 1.82) is 0 Å². The van der Waals surface area contributed by atoms with Gasteiger partial charge < -0.3 is 10.0 Å².